The fourth-order valence-corrected chi connectivity index (χ4v) is 2.78. The van der Waals surface area contributed by atoms with E-state index in [0.29, 0.717) is 25.7 Å². The minimum atomic E-state index is -0.899. The molecule has 2 N–H and O–H groups in total. The first-order valence-corrected chi connectivity index (χ1v) is 7.04. The van der Waals surface area contributed by atoms with E-state index < -0.39 is 11.6 Å². The predicted molar refractivity (Wildman–Crippen MR) is 76.0 cm³/mol. The molecular weight excluding hydrogens is 256 g/mol. The minimum absolute atomic E-state index is 0.224. The molecule has 0 radical (unpaired) electrons. The molecule has 0 bridgehead atoms. The van der Waals surface area contributed by atoms with Crippen LogP contribution in [-0.2, 0) is 4.79 Å². The van der Waals surface area contributed by atoms with Crippen LogP contribution in [0.15, 0.2) is 18.2 Å². The molecule has 0 unspecified atom stereocenters. The third-order valence-corrected chi connectivity index (χ3v) is 3.97. The Bertz CT molecular complexity index is 467. The third-order valence-electron chi connectivity index (χ3n) is 3.97. The van der Waals surface area contributed by atoms with Gasteiger partial charge in [0, 0.05) is 0 Å². The zero-order valence-electron chi connectivity index (χ0n) is 12.1. The molecule has 2 rings (SSSR count). The van der Waals surface area contributed by atoms with Crippen molar-refractivity contribution in [2.45, 2.75) is 45.1 Å². The second-order valence-electron chi connectivity index (χ2n) is 5.95. The number of carboxylic acid groups (broad SMARTS) is 1. The average Bonchev–Trinajstić information content (AvgIpc) is 2.36. The Labute approximate surface area is 119 Å². The molecule has 4 heteroatoms. The number of benzene rings is 1. The number of ether oxygens (including phenoxy) is 1. The summed E-state index contributed by atoms with van der Waals surface area (Å²) >= 11 is 0. The highest BCUT2D eigenvalue weighted by molar-refractivity contribution is 5.70. The van der Waals surface area contributed by atoms with Crippen molar-refractivity contribution in [2.75, 3.05) is 6.61 Å². The van der Waals surface area contributed by atoms with E-state index in [4.69, 9.17) is 9.84 Å². The molecule has 20 heavy (non-hydrogen) atoms. The first-order chi connectivity index (χ1) is 9.38. The van der Waals surface area contributed by atoms with E-state index in [1.807, 2.05) is 26.0 Å². The van der Waals surface area contributed by atoms with Gasteiger partial charge in [-0.3, -0.25) is 4.79 Å². The second-order valence-corrected chi connectivity index (χ2v) is 5.95. The molecule has 1 saturated carbocycles. The summed E-state index contributed by atoms with van der Waals surface area (Å²) in [6, 6.07) is 5.96. The maximum Gasteiger partial charge on any atom is 0.306 e. The molecule has 1 aliphatic rings. The highest BCUT2D eigenvalue weighted by Gasteiger charge is 2.36. The smallest absolute Gasteiger partial charge is 0.306 e. The molecule has 0 atom stereocenters. The summed E-state index contributed by atoms with van der Waals surface area (Å²) in [6.07, 6.45) is 1.99. The Morgan fingerprint density at radius 1 is 1.25 bits per heavy atom. The van der Waals surface area contributed by atoms with E-state index in [-0.39, 0.29) is 12.5 Å². The molecule has 4 nitrogen and oxygen atoms in total. The summed E-state index contributed by atoms with van der Waals surface area (Å²) in [7, 11) is 0. The summed E-state index contributed by atoms with van der Waals surface area (Å²) in [4.78, 5) is 10.9. The first kappa shape index (κ1) is 14.9. The van der Waals surface area contributed by atoms with Gasteiger partial charge in [0.05, 0.1) is 11.5 Å². The van der Waals surface area contributed by atoms with Crippen molar-refractivity contribution in [3.8, 4) is 5.75 Å². The van der Waals surface area contributed by atoms with Crippen molar-refractivity contribution < 1.29 is 19.7 Å². The van der Waals surface area contributed by atoms with E-state index in [1.165, 1.54) is 0 Å². The molecule has 1 aromatic rings. The molecule has 0 spiro atoms. The predicted octanol–water partition coefficient (Wildman–Crippen LogP) is 2.69. The van der Waals surface area contributed by atoms with E-state index >= 15 is 0 Å². The van der Waals surface area contributed by atoms with Gasteiger partial charge in [0.2, 0.25) is 0 Å². The van der Waals surface area contributed by atoms with Gasteiger partial charge in [-0.25, -0.2) is 0 Å². The molecule has 0 saturated heterocycles. The fourth-order valence-electron chi connectivity index (χ4n) is 2.78. The van der Waals surface area contributed by atoms with Crippen LogP contribution >= 0.6 is 0 Å². The molecule has 0 aliphatic heterocycles. The Balaban J connectivity index is 1.92. The first-order valence-electron chi connectivity index (χ1n) is 7.04. The van der Waals surface area contributed by atoms with Crippen LogP contribution < -0.4 is 4.74 Å². The molecule has 1 aliphatic carbocycles. The Kier molecular flexibility index (Phi) is 4.33. The van der Waals surface area contributed by atoms with Gasteiger partial charge in [-0.1, -0.05) is 6.07 Å². The van der Waals surface area contributed by atoms with E-state index in [0.717, 1.165) is 16.9 Å². The van der Waals surface area contributed by atoms with Crippen LogP contribution in [0.1, 0.15) is 36.8 Å². The van der Waals surface area contributed by atoms with Crippen molar-refractivity contribution in [1.82, 2.24) is 0 Å². The highest BCUT2D eigenvalue weighted by Crippen LogP contribution is 2.33. The number of aliphatic carboxylic acids is 1. The Morgan fingerprint density at radius 2 is 1.80 bits per heavy atom. The second kappa shape index (κ2) is 5.83. The number of aryl methyl sites for hydroxylation is 2. The van der Waals surface area contributed by atoms with E-state index in [2.05, 4.69) is 6.07 Å². The number of hydrogen-bond donors (Lipinski definition) is 2. The number of rotatable bonds is 4. The lowest BCUT2D eigenvalue weighted by Gasteiger charge is -2.34. The van der Waals surface area contributed by atoms with Crippen LogP contribution in [0.2, 0.25) is 0 Å². The number of carboxylic acids is 1. The van der Waals surface area contributed by atoms with E-state index in [9.17, 15) is 9.90 Å². The topological polar surface area (TPSA) is 66.8 Å². The van der Waals surface area contributed by atoms with Crippen molar-refractivity contribution in [1.29, 1.82) is 0 Å². The van der Waals surface area contributed by atoms with Crippen LogP contribution in [0.5, 0.6) is 5.75 Å². The molecule has 0 aromatic heterocycles. The summed E-state index contributed by atoms with van der Waals surface area (Å²) < 4.78 is 5.71. The fraction of sp³-hybridized carbons (Fsp3) is 0.562. The van der Waals surface area contributed by atoms with Crippen LogP contribution in [0.4, 0.5) is 0 Å². The van der Waals surface area contributed by atoms with Gasteiger partial charge in [0.25, 0.3) is 0 Å². The zero-order chi connectivity index (χ0) is 14.8. The van der Waals surface area contributed by atoms with Crippen molar-refractivity contribution in [3.63, 3.8) is 0 Å². The lowest BCUT2D eigenvalue weighted by Crippen LogP contribution is -2.41. The number of carbonyl (C=O) groups is 1. The van der Waals surface area contributed by atoms with Crippen molar-refractivity contribution >= 4 is 5.97 Å². The lowest BCUT2D eigenvalue weighted by atomic mass is 9.79. The van der Waals surface area contributed by atoms with Gasteiger partial charge in [0.1, 0.15) is 12.4 Å². The molecular formula is C16H22O4. The Hall–Kier alpha value is -1.55. The number of aliphatic hydroxyl groups is 1. The number of hydrogen-bond acceptors (Lipinski definition) is 3. The average molecular weight is 278 g/mol. The van der Waals surface area contributed by atoms with Gasteiger partial charge in [-0.05, 0) is 62.8 Å². The van der Waals surface area contributed by atoms with Gasteiger partial charge in [-0.15, -0.1) is 0 Å². The SMILES string of the molecule is Cc1cc(C)cc(OCC2(O)CCC(C(=O)O)CC2)c1. The molecule has 1 fully saturated rings. The quantitative estimate of drug-likeness (QED) is 0.888. The lowest BCUT2D eigenvalue weighted by molar-refractivity contribution is -0.145. The summed E-state index contributed by atoms with van der Waals surface area (Å²) in [5.41, 5.74) is 1.35. The van der Waals surface area contributed by atoms with E-state index in [1.54, 1.807) is 0 Å². The minimum Gasteiger partial charge on any atom is -0.491 e. The maximum absolute atomic E-state index is 10.9. The molecule has 110 valence electrons. The van der Waals surface area contributed by atoms with Crippen molar-refractivity contribution in [3.05, 3.63) is 29.3 Å². The standard InChI is InChI=1S/C16H22O4/c1-11-7-12(2)9-14(8-11)20-10-16(19)5-3-13(4-6-16)15(17)18/h7-9,13,19H,3-6,10H2,1-2H3,(H,17,18). The molecule has 1 aromatic carbocycles. The van der Waals surface area contributed by atoms with Crippen LogP contribution in [0.3, 0.4) is 0 Å². The third kappa shape index (κ3) is 3.73. The van der Waals surface area contributed by atoms with Crippen molar-refractivity contribution in [2.24, 2.45) is 5.92 Å². The van der Waals surface area contributed by atoms with Crippen LogP contribution in [-0.4, -0.2) is 28.4 Å². The molecule has 0 amide bonds. The summed E-state index contributed by atoms with van der Waals surface area (Å²) in [5.74, 6) is -0.324. The van der Waals surface area contributed by atoms with Gasteiger partial charge in [-0.2, -0.15) is 0 Å². The maximum atomic E-state index is 10.9. The largest absolute Gasteiger partial charge is 0.491 e. The molecule has 0 heterocycles. The van der Waals surface area contributed by atoms with Gasteiger partial charge in [0.15, 0.2) is 0 Å². The Morgan fingerprint density at radius 3 is 2.30 bits per heavy atom. The van der Waals surface area contributed by atoms with Gasteiger partial charge >= 0.3 is 5.97 Å². The highest BCUT2D eigenvalue weighted by atomic mass is 16.5. The van der Waals surface area contributed by atoms with Crippen LogP contribution in [0, 0.1) is 19.8 Å². The summed E-state index contributed by atoms with van der Waals surface area (Å²) in [5, 5.41) is 19.4. The summed E-state index contributed by atoms with van der Waals surface area (Å²) in [6.45, 7) is 4.24. The normalized spacial score (nSPS) is 26.2. The zero-order valence-corrected chi connectivity index (χ0v) is 12.1. The monoisotopic (exact) mass is 278 g/mol. The van der Waals surface area contributed by atoms with Crippen LogP contribution in [0.25, 0.3) is 0 Å². The van der Waals surface area contributed by atoms with Gasteiger partial charge < -0.3 is 14.9 Å².